The number of nitrogens with zero attached hydrogens (tertiary/aromatic N) is 3. The molecule has 2 aromatic heterocycles. The van der Waals surface area contributed by atoms with Crippen molar-refractivity contribution in [3.63, 3.8) is 0 Å². The Morgan fingerprint density at radius 3 is 2.55 bits per heavy atom. The van der Waals surface area contributed by atoms with E-state index in [1.807, 2.05) is 31.2 Å². The SMILES string of the molecule is Cc1ccc(S(=O)(=O)OCC2CC(n3cc(-c4cccc(OC[C@]56CC[C@](C)(CC5)O6)c4)c4c(N)ncnc43)C2)cc1. The lowest BCUT2D eigenvalue weighted by molar-refractivity contribution is -0.0597. The van der Waals surface area contributed by atoms with Gasteiger partial charge in [0.2, 0.25) is 0 Å². The Kier molecular flexibility index (Phi) is 6.56. The maximum Gasteiger partial charge on any atom is 0.296 e. The molecule has 220 valence electrons. The number of nitrogens with two attached hydrogens (primary N) is 1. The summed E-state index contributed by atoms with van der Waals surface area (Å²) in [6, 6.07) is 14.9. The molecule has 0 spiro atoms. The third-order valence-corrected chi connectivity index (χ3v) is 10.6. The predicted octanol–water partition coefficient (Wildman–Crippen LogP) is 5.83. The van der Waals surface area contributed by atoms with Crippen LogP contribution in [0.5, 0.6) is 5.75 Å². The smallest absolute Gasteiger partial charge is 0.296 e. The topological polar surface area (TPSA) is 119 Å². The van der Waals surface area contributed by atoms with Crippen LogP contribution in [0, 0.1) is 12.8 Å². The molecule has 2 saturated heterocycles. The Balaban J connectivity index is 1.07. The van der Waals surface area contributed by atoms with Crippen LogP contribution in [0.4, 0.5) is 5.82 Å². The van der Waals surface area contributed by atoms with Crippen LogP contribution in [0.2, 0.25) is 0 Å². The summed E-state index contributed by atoms with van der Waals surface area (Å²) >= 11 is 0. The summed E-state index contributed by atoms with van der Waals surface area (Å²) in [6.45, 7) is 4.82. The zero-order valence-corrected chi connectivity index (χ0v) is 24.8. The Morgan fingerprint density at radius 2 is 1.83 bits per heavy atom. The van der Waals surface area contributed by atoms with Crippen molar-refractivity contribution in [3.8, 4) is 16.9 Å². The predicted molar refractivity (Wildman–Crippen MR) is 160 cm³/mol. The Bertz CT molecular complexity index is 1740. The first kappa shape index (κ1) is 27.4. The zero-order valence-electron chi connectivity index (χ0n) is 24.0. The minimum atomic E-state index is -3.79. The van der Waals surface area contributed by atoms with Crippen molar-refractivity contribution < 1.29 is 22.1 Å². The van der Waals surface area contributed by atoms with Gasteiger partial charge in [-0.1, -0.05) is 29.8 Å². The Morgan fingerprint density at radius 1 is 1.07 bits per heavy atom. The maximum absolute atomic E-state index is 12.6. The van der Waals surface area contributed by atoms with Crippen molar-refractivity contribution in [2.24, 2.45) is 5.92 Å². The number of ether oxygens (including phenoxy) is 2. The van der Waals surface area contributed by atoms with Crippen LogP contribution in [0.25, 0.3) is 22.2 Å². The number of hydrogen-bond donors (Lipinski definition) is 1. The second kappa shape index (κ2) is 10.1. The van der Waals surface area contributed by atoms with Crippen LogP contribution < -0.4 is 10.5 Å². The summed E-state index contributed by atoms with van der Waals surface area (Å²) in [5.74, 6) is 1.34. The Hall–Kier alpha value is -3.47. The summed E-state index contributed by atoms with van der Waals surface area (Å²) < 4.78 is 45.5. The maximum atomic E-state index is 12.6. The molecule has 3 aliphatic rings. The molecule has 4 heterocycles. The highest BCUT2D eigenvalue weighted by atomic mass is 32.2. The van der Waals surface area contributed by atoms with E-state index in [1.54, 1.807) is 24.3 Å². The molecule has 4 aromatic rings. The van der Waals surface area contributed by atoms with Crippen molar-refractivity contribution in [2.45, 2.75) is 74.5 Å². The molecule has 1 aliphatic carbocycles. The van der Waals surface area contributed by atoms with E-state index < -0.39 is 10.1 Å². The zero-order chi connectivity index (χ0) is 29.1. The van der Waals surface area contributed by atoms with Crippen molar-refractivity contribution in [1.29, 1.82) is 0 Å². The van der Waals surface area contributed by atoms with Crippen molar-refractivity contribution in [1.82, 2.24) is 14.5 Å². The van der Waals surface area contributed by atoms with Gasteiger partial charge in [0.15, 0.2) is 0 Å². The van der Waals surface area contributed by atoms with Gasteiger partial charge in [0.05, 0.1) is 22.5 Å². The molecule has 2 bridgehead atoms. The van der Waals surface area contributed by atoms with Gasteiger partial charge in [-0.15, -0.1) is 0 Å². The molecule has 0 unspecified atom stereocenters. The first-order valence-electron chi connectivity index (χ1n) is 14.6. The highest BCUT2D eigenvalue weighted by Crippen LogP contribution is 2.51. The van der Waals surface area contributed by atoms with E-state index in [0.29, 0.717) is 12.4 Å². The number of anilines is 1. The number of fused-ring (bicyclic) bond motifs is 3. The molecule has 7 rings (SSSR count). The molecule has 0 amide bonds. The van der Waals surface area contributed by atoms with Crippen molar-refractivity contribution >= 4 is 27.0 Å². The molecule has 0 radical (unpaired) electrons. The van der Waals surface area contributed by atoms with Crippen LogP contribution in [0.3, 0.4) is 0 Å². The molecular weight excluding hydrogens is 552 g/mol. The van der Waals surface area contributed by atoms with E-state index in [-0.39, 0.29) is 34.7 Å². The van der Waals surface area contributed by atoms with E-state index in [4.69, 9.17) is 19.4 Å². The molecule has 1 saturated carbocycles. The second-order valence-corrected chi connectivity index (χ2v) is 14.1. The fourth-order valence-electron chi connectivity index (χ4n) is 6.73. The van der Waals surface area contributed by atoms with Crippen LogP contribution in [0.1, 0.15) is 57.1 Å². The fraction of sp³-hybridized carbons (Fsp3) is 0.438. The van der Waals surface area contributed by atoms with E-state index in [9.17, 15) is 8.42 Å². The molecule has 0 atom stereocenters. The van der Waals surface area contributed by atoms with Gasteiger partial charge in [-0.05, 0) is 88.1 Å². The van der Waals surface area contributed by atoms with Gasteiger partial charge in [0.1, 0.15) is 35.7 Å². The van der Waals surface area contributed by atoms with E-state index >= 15 is 0 Å². The Labute approximate surface area is 246 Å². The van der Waals surface area contributed by atoms with Gasteiger partial charge in [0, 0.05) is 17.8 Å². The molecule has 42 heavy (non-hydrogen) atoms. The number of aromatic nitrogens is 3. The van der Waals surface area contributed by atoms with Gasteiger partial charge >= 0.3 is 0 Å². The quantitative estimate of drug-likeness (QED) is 0.243. The molecule has 3 fully saturated rings. The number of aryl methyl sites for hydroxylation is 1. The number of nitrogen functional groups attached to an aromatic ring is 1. The molecular formula is C32H36N4O5S. The van der Waals surface area contributed by atoms with E-state index in [2.05, 4.69) is 27.7 Å². The van der Waals surface area contributed by atoms with Gasteiger partial charge in [0.25, 0.3) is 10.1 Å². The molecule has 9 nitrogen and oxygen atoms in total. The molecule has 10 heteroatoms. The number of rotatable bonds is 9. The van der Waals surface area contributed by atoms with E-state index in [0.717, 1.165) is 72.0 Å². The standard InChI is InChI=1S/C32H36N4O5S/c1-21-6-8-26(9-7-21)42(37,38)40-18-22-14-24(15-22)36-17-27(28-29(33)34-20-35-30(28)36)23-4-3-5-25(16-23)39-19-32-12-10-31(2,41-32)11-13-32/h3-9,16-17,20,22,24H,10-15,18-19H2,1-2H3,(H2,33,34,35)/t22?,24?,31-,32+. The highest BCUT2D eigenvalue weighted by molar-refractivity contribution is 7.86. The largest absolute Gasteiger partial charge is 0.491 e. The fourth-order valence-corrected chi connectivity index (χ4v) is 7.71. The summed E-state index contributed by atoms with van der Waals surface area (Å²) in [5.41, 5.74) is 9.90. The average Bonchev–Trinajstić information content (AvgIpc) is 3.61. The lowest BCUT2D eigenvalue weighted by atomic mass is 9.81. The molecule has 2 aliphatic heterocycles. The lowest BCUT2D eigenvalue weighted by Crippen LogP contribution is -2.32. The highest BCUT2D eigenvalue weighted by Gasteiger charge is 2.53. The van der Waals surface area contributed by atoms with Crippen LogP contribution >= 0.6 is 0 Å². The van der Waals surface area contributed by atoms with Crippen LogP contribution in [-0.4, -0.2) is 47.4 Å². The molecule has 2 aromatic carbocycles. The third-order valence-electron chi connectivity index (χ3n) is 9.34. The number of benzene rings is 2. The van der Waals surface area contributed by atoms with Gasteiger partial charge < -0.3 is 19.8 Å². The van der Waals surface area contributed by atoms with Crippen molar-refractivity contribution in [3.05, 3.63) is 66.6 Å². The second-order valence-electron chi connectivity index (χ2n) is 12.5. The van der Waals surface area contributed by atoms with Gasteiger partial charge in [-0.2, -0.15) is 8.42 Å². The lowest BCUT2D eigenvalue weighted by Gasteiger charge is -2.36. The average molecular weight is 589 g/mol. The minimum Gasteiger partial charge on any atom is -0.491 e. The van der Waals surface area contributed by atoms with Gasteiger partial charge in [-0.25, -0.2) is 9.97 Å². The van der Waals surface area contributed by atoms with Crippen LogP contribution in [0.15, 0.2) is 66.0 Å². The van der Waals surface area contributed by atoms with Crippen molar-refractivity contribution in [2.75, 3.05) is 18.9 Å². The minimum absolute atomic E-state index is 0.00652. The first-order valence-corrected chi connectivity index (χ1v) is 16.0. The first-order chi connectivity index (χ1) is 20.1. The monoisotopic (exact) mass is 588 g/mol. The van der Waals surface area contributed by atoms with E-state index in [1.165, 1.54) is 6.33 Å². The summed E-state index contributed by atoms with van der Waals surface area (Å²) in [7, 11) is -3.79. The summed E-state index contributed by atoms with van der Waals surface area (Å²) in [6.07, 6.45) is 9.38. The third kappa shape index (κ3) is 4.95. The van der Waals surface area contributed by atoms with Gasteiger partial charge in [-0.3, -0.25) is 4.18 Å². The summed E-state index contributed by atoms with van der Waals surface area (Å²) in [5, 5.41) is 0.806. The number of hydrogen-bond acceptors (Lipinski definition) is 8. The molecule has 2 N–H and O–H groups in total. The van der Waals surface area contributed by atoms with Crippen LogP contribution in [-0.2, 0) is 19.0 Å². The normalized spacial score (nSPS) is 26.9. The summed E-state index contributed by atoms with van der Waals surface area (Å²) in [4.78, 5) is 9.05.